The molecule has 3 rings (SSSR count). The van der Waals surface area contributed by atoms with E-state index in [-0.39, 0.29) is 22.7 Å². The molecule has 0 aliphatic rings. The summed E-state index contributed by atoms with van der Waals surface area (Å²) in [5.41, 5.74) is 0.908. The molecule has 0 atom stereocenters. The summed E-state index contributed by atoms with van der Waals surface area (Å²) in [6, 6.07) is 16.8. The zero-order chi connectivity index (χ0) is 22.6. The molecule has 7 heteroatoms. The molecular formula is C24H19F3N2O2. The molecule has 158 valence electrons. The minimum absolute atomic E-state index is 0.175. The monoisotopic (exact) mass is 424 g/mol. The predicted molar refractivity (Wildman–Crippen MR) is 112 cm³/mol. The highest BCUT2D eigenvalue weighted by atomic mass is 19.4. The lowest BCUT2D eigenvalue weighted by Gasteiger charge is -2.08. The van der Waals surface area contributed by atoms with Crippen LogP contribution in [0.4, 0.5) is 18.9 Å². The Morgan fingerprint density at radius 1 is 1.10 bits per heavy atom. The predicted octanol–water partition coefficient (Wildman–Crippen LogP) is 6.63. The van der Waals surface area contributed by atoms with Crippen molar-refractivity contribution in [1.29, 1.82) is 5.26 Å². The number of carbonyl (C=O) groups is 1. The first-order valence-electron chi connectivity index (χ1n) is 9.48. The molecule has 0 fully saturated rings. The number of alkyl halides is 3. The summed E-state index contributed by atoms with van der Waals surface area (Å²) in [6.07, 6.45) is -3.22. The van der Waals surface area contributed by atoms with Crippen LogP contribution in [0.1, 0.15) is 36.7 Å². The molecular weight excluding hydrogens is 405 g/mol. The highest BCUT2D eigenvalue weighted by Gasteiger charge is 2.30. The molecule has 0 unspecified atom stereocenters. The Bertz CT molecular complexity index is 1150. The van der Waals surface area contributed by atoms with Crippen LogP contribution in [0.15, 0.2) is 70.7 Å². The van der Waals surface area contributed by atoms with Crippen molar-refractivity contribution in [2.75, 3.05) is 5.32 Å². The molecule has 4 nitrogen and oxygen atoms in total. The number of amides is 1. The van der Waals surface area contributed by atoms with E-state index in [1.54, 1.807) is 12.1 Å². The Morgan fingerprint density at radius 3 is 2.42 bits per heavy atom. The molecule has 1 aromatic heterocycles. The van der Waals surface area contributed by atoms with Gasteiger partial charge in [-0.2, -0.15) is 18.4 Å². The van der Waals surface area contributed by atoms with Crippen LogP contribution in [0, 0.1) is 11.3 Å². The van der Waals surface area contributed by atoms with Gasteiger partial charge in [0.05, 0.1) is 5.56 Å². The number of nitrogens with zero attached hydrogens (tertiary/aromatic N) is 1. The zero-order valence-electron chi connectivity index (χ0n) is 16.8. The van der Waals surface area contributed by atoms with Crippen molar-refractivity contribution in [3.05, 3.63) is 83.1 Å². The van der Waals surface area contributed by atoms with Gasteiger partial charge in [0.15, 0.2) is 0 Å². The number of carbonyl (C=O) groups excluding carboxylic acids is 1. The summed E-state index contributed by atoms with van der Waals surface area (Å²) in [4.78, 5) is 12.4. The van der Waals surface area contributed by atoms with Crippen LogP contribution in [0.3, 0.4) is 0 Å². The summed E-state index contributed by atoms with van der Waals surface area (Å²) in [7, 11) is 0. The van der Waals surface area contributed by atoms with E-state index in [4.69, 9.17) is 4.42 Å². The fraction of sp³-hybridized carbons (Fsp3) is 0.167. The quantitative estimate of drug-likeness (QED) is 0.369. The number of halogens is 3. The van der Waals surface area contributed by atoms with E-state index in [1.165, 1.54) is 30.3 Å². The third kappa shape index (κ3) is 5.43. The topological polar surface area (TPSA) is 66.0 Å². The maximum Gasteiger partial charge on any atom is 0.416 e. The number of nitrogens with one attached hydrogen (secondary N) is 1. The van der Waals surface area contributed by atoms with Gasteiger partial charge in [-0.1, -0.05) is 38.1 Å². The highest BCUT2D eigenvalue weighted by Crippen LogP contribution is 2.33. The maximum atomic E-state index is 12.9. The fourth-order valence-corrected chi connectivity index (χ4v) is 2.87. The minimum Gasteiger partial charge on any atom is -0.457 e. The van der Waals surface area contributed by atoms with Crippen LogP contribution in [0.25, 0.3) is 17.4 Å². The molecule has 1 amide bonds. The molecule has 1 heterocycles. The number of benzene rings is 2. The summed E-state index contributed by atoms with van der Waals surface area (Å²) in [5.74, 6) is 0.106. The van der Waals surface area contributed by atoms with Crippen LogP contribution < -0.4 is 5.32 Å². The van der Waals surface area contributed by atoms with Gasteiger partial charge in [-0.25, -0.2) is 0 Å². The third-order valence-corrected chi connectivity index (χ3v) is 4.59. The maximum absolute atomic E-state index is 12.9. The van der Waals surface area contributed by atoms with Gasteiger partial charge >= 0.3 is 6.18 Å². The number of hydrogen-bond acceptors (Lipinski definition) is 3. The van der Waals surface area contributed by atoms with E-state index in [0.717, 1.165) is 17.7 Å². The molecule has 1 N–H and O–H groups in total. The third-order valence-electron chi connectivity index (χ3n) is 4.59. The van der Waals surface area contributed by atoms with E-state index in [9.17, 15) is 23.2 Å². The Morgan fingerprint density at radius 2 is 1.81 bits per heavy atom. The zero-order valence-corrected chi connectivity index (χ0v) is 16.8. The lowest BCUT2D eigenvalue weighted by Crippen LogP contribution is -2.13. The second-order valence-corrected chi connectivity index (χ2v) is 7.18. The highest BCUT2D eigenvalue weighted by molar-refractivity contribution is 6.09. The first-order chi connectivity index (χ1) is 14.7. The Balaban J connectivity index is 1.78. The molecule has 0 aliphatic heterocycles. The van der Waals surface area contributed by atoms with Gasteiger partial charge in [-0.3, -0.25) is 4.79 Å². The average Bonchev–Trinajstić information content (AvgIpc) is 3.20. The van der Waals surface area contributed by atoms with Gasteiger partial charge in [0.1, 0.15) is 23.2 Å². The SMILES string of the molecule is CC(C)c1ccc(NC(=O)/C(C#N)=C/c2ccc(-c3cccc(C(F)(F)F)c3)o2)cc1. The smallest absolute Gasteiger partial charge is 0.416 e. The number of anilines is 1. The van der Waals surface area contributed by atoms with Crippen molar-refractivity contribution >= 4 is 17.7 Å². The molecule has 0 radical (unpaired) electrons. The van der Waals surface area contributed by atoms with Gasteiger partial charge in [0, 0.05) is 17.3 Å². The molecule has 0 spiro atoms. The van der Waals surface area contributed by atoms with Gasteiger partial charge in [0.25, 0.3) is 5.91 Å². The largest absolute Gasteiger partial charge is 0.457 e. The van der Waals surface area contributed by atoms with Crippen molar-refractivity contribution in [3.63, 3.8) is 0 Å². The normalized spacial score (nSPS) is 12.0. The van der Waals surface area contributed by atoms with Crippen LogP contribution in [0.2, 0.25) is 0 Å². The van der Waals surface area contributed by atoms with E-state index < -0.39 is 17.6 Å². The van der Waals surface area contributed by atoms with Gasteiger partial charge in [-0.05, 0) is 47.9 Å². The van der Waals surface area contributed by atoms with Crippen LogP contribution in [-0.4, -0.2) is 5.91 Å². The second kappa shape index (κ2) is 8.92. The van der Waals surface area contributed by atoms with Crippen molar-refractivity contribution in [2.45, 2.75) is 25.9 Å². The van der Waals surface area contributed by atoms with E-state index >= 15 is 0 Å². The van der Waals surface area contributed by atoms with E-state index in [1.807, 2.05) is 18.2 Å². The molecule has 2 aromatic carbocycles. The van der Waals surface area contributed by atoms with Crippen molar-refractivity contribution < 1.29 is 22.4 Å². The van der Waals surface area contributed by atoms with Crippen molar-refractivity contribution in [2.24, 2.45) is 0 Å². The summed E-state index contributed by atoms with van der Waals surface area (Å²) in [5, 5.41) is 12.0. The minimum atomic E-state index is -4.47. The van der Waals surface area contributed by atoms with Crippen molar-refractivity contribution in [3.8, 4) is 17.4 Å². The summed E-state index contributed by atoms with van der Waals surface area (Å²) in [6.45, 7) is 4.11. The Hall–Kier alpha value is -3.79. The molecule has 3 aromatic rings. The summed E-state index contributed by atoms with van der Waals surface area (Å²) < 4.78 is 44.3. The molecule has 0 saturated carbocycles. The lowest BCUT2D eigenvalue weighted by molar-refractivity contribution is -0.137. The molecule has 31 heavy (non-hydrogen) atoms. The van der Waals surface area contributed by atoms with Crippen LogP contribution in [0.5, 0.6) is 0 Å². The molecule has 0 saturated heterocycles. The second-order valence-electron chi connectivity index (χ2n) is 7.18. The first-order valence-corrected chi connectivity index (χ1v) is 9.48. The number of nitriles is 1. The molecule has 0 bridgehead atoms. The lowest BCUT2D eigenvalue weighted by atomic mass is 10.0. The average molecular weight is 424 g/mol. The summed E-state index contributed by atoms with van der Waals surface area (Å²) >= 11 is 0. The van der Waals surface area contributed by atoms with Gasteiger partial charge in [0.2, 0.25) is 0 Å². The van der Waals surface area contributed by atoms with Crippen LogP contribution >= 0.6 is 0 Å². The molecule has 0 aliphatic carbocycles. The van der Waals surface area contributed by atoms with Crippen LogP contribution in [-0.2, 0) is 11.0 Å². The number of rotatable bonds is 5. The Labute approximate surface area is 177 Å². The first kappa shape index (κ1) is 21.9. The van der Waals surface area contributed by atoms with Crippen molar-refractivity contribution in [1.82, 2.24) is 0 Å². The standard InChI is InChI=1S/C24H19F3N2O2/c1-15(2)16-6-8-20(9-7-16)29-23(30)18(14-28)13-21-10-11-22(31-21)17-4-3-5-19(12-17)24(25,26)27/h3-13,15H,1-2H3,(H,29,30)/b18-13+. The fourth-order valence-electron chi connectivity index (χ4n) is 2.87. The Kier molecular flexibility index (Phi) is 6.30. The van der Waals surface area contributed by atoms with Gasteiger partial charge in [-0.15, -0.1) is 0 Å². The number of hydrogen-bond donors (Lipinski definition) is 1. The number of furan rings is 1. The van der Waals surface area contributed by atoms with Gasteiger partial charge < -0.3 is 9.73 Å². The van der Waals surface area contributed by atoms with E-state index in [2.05, 4.69) is 19.2 Å². The van der Waals surface area contributed by atoms with E-state index in [0.29, 0.717) is 11.6 Å².